The van der Waals surface area contributed by atoms with Crippen molar-refractivity contribution < 1.29 is 18.0 Å². The minimum absolute atomic E-state index is 0.141. The predicted octanol–water partition coefficient (Wildman–Crippen LogP) is 1.03. The van der Waals surface area contributed by atoms with Gasteiger partial charge in [0.05, 0.1) is 10.6 Å². The highest BCUT2D eigenvalue weighted by molar-refractivity contribution is 7.89. The molecule has 0 bridgehead atoms. The second-order valence-electron chi connectivity index (χ2n) is 6.91. The molecule has 2 fully saturated rings. The van der Waals surface area contributed by atoms with Crippen LogP contribution in [-0.4, -0.2) is 60.7 Å². The van der Waals surface area contributed by atoms with E-state index in [-0.39, 0.29) is 16.7 Å². The fourth-order valence-electron chi connectivity index (χ4n) is 3.54. The van der Waals surface area contributed by atoms with Crippen molar-refractivity contribution in [3.05, 3.63) is 42.7 Å². The molecule has 29 heavy (non-hydrogen) atoms. The van der Waals surface area contributed by atoms with Gasteiger partial charge in [-0.15, -0.1) is 0 Å². The van der Waals surface area contributed by atoms with Gasteiger partial charge in [-0.1, -0.05) is 0 Å². The molecule has 0 unspecified atom stereocenters. The molecule has 152 valence electrons. The molecule has 3 heterocycles. The summed E-state index contributed by atoms with van der Waals surface area (Å²) in [5.41, 5.74) is 0.407. The average Bonchev–Trinajstić information content (AvgIpc) is 2.75. The molecule has 1 aromatic heterocycles. The predicted molar refractivity (Wildman–Crippen MR) is 106 cm³/mol. The molecule has 0 aliphatic carbocycles. The summed E-state index contributed by atoms with van der Waals surface area (Å²) in [5.74, 6) is 0.0805. The maximum atomic E-state index is 13.0. The van der Waals surface area contributed by atoms with E-state index in [1.807, 2.05) is 4.90 Å². The molecule has 0 N–H and O–H groups in total. The topological polar surface area (TPSA) is 104 Å². The standard InChI is InChI=1S/C19H21N5O4S/c25-17-3-1-4-18(26)24(17)15-5-7-16(8-6-15)29(27,28)23-13-11-22(12-14-23)19-20-9-2-10-21-19/h2,5-10H,1,3-4,11-14H2. The zero-order chi connectivity index (χ0) is 20.4. The number of imide groups is 1. The first-order valence-corrected chi connectivity index (χ1v) is 10.9. The molecule has 10 heteroatoms. The van der Waals surface area contributed by atoms with E-state index in [1.165, 1.54) is 28.6 Å². The van der Waals surface area contributed by atoms with Gasteiger partial charge in [0.15, 0.2) is 0 Å². The molecule has 0 radical (unpaired) electrons. The van der Waals surface area contributed by atoms with Crippen molar-refractivity contribution in [3.8, 4) is 0 Å². The number of nitrogens with zero attached hydrogens (tertiary/aromatic N) is 5. The first-order valence-electron chi connectivity index (χ1n) is 9.45. The number of piperidine rings is 1. The van der Waals surface area contributed by atoms with E-state index >= 15 is 0 Å². The van der Waals surface area contributed by atoms with Gasteiger partial charge in [0.25, 0.3) is 0 Å². The van der Waals surface area contributed by atoms with Crippen LogP contribution >= 0.6 is 0 Å². The molecular weight excluding hydrogens is 394 g/mol. The number of rotatable bonds is 4. The number of carbonyl (C=O) groups excluding carboxylic acids is 2. The molecule has 2 saturated heterocycles. The Morgan fingerprint density at radius 2 is 1.41 bits per heavy atom. The van der Waals surface area contributed by atoms with Crippen molar-refractivity contribution in [1.29, 1.82) is 0 Å². The summed E-state index contributed by atoms with van der Waals surface area (Å²) in [5, 5.41) is 0. The number of sulfonamides is 1. The molecule has 0 saturated carbocycles. The first-order chi connectivity index (χ1) is 14.0. The van der Waals surface area contributed by atoms with Gasteiger partial charge >= 0.3 is 0 Å². The fourth-order valence-corrected chi connectivity index (χ4v) is 4.96. The summed E-state index contributed by atoms with van der Waals surface area (Å²) >= 11 is 0. The van der Waals surface area contributed by atoms with Gasteiger partial charge in [-0.2, -0.15) is 4.31 Å². The molecule has 1 aromatic carbocycles. The number of piperazine rings is 1. The van der Waals surface area contributed by atoms with E-state index in [1.54, 1.807) is 18.5 Å². The zero-order valence-corrected chi connectivity index (χ0v) is 16.6. The van der Waals surface area contributed by atoms with Crippen LogP contribution in [0, 0.1) is 0 Å². The Kier molecular flexibility index (Phi) is 5.29. The Morgan fingerprint density at radius 1 is 0.828 bits per heavy atom. The number of amides is 2. The third kappa shape index (κ3) is 3.85. The zero-order valence-electron chi connectivity index (χ0n) is 15.8. The summed E-state index contributed by atoms with van der Waals surface area (Å²) in [4.78, 5) is 35.7. The molecule has 2 aliphatic heterocycles. The summed E-state index contributed by atoms with van der Waals surface area (Å²) in [6.45, 7) is 1.65. The highest BCUT2D eigenvalue weighted by Gasteiger charge is 2.31. The highest BCUT2D eigenvalue weighted by Crippen LogP contribution is 2.25. The molecule has 4 rings (SSSR count). The van der Waals surface area contributed by atoms with Crippen LogP contribution in [0.2, 0.25) is 0 Å². The Bertz CT molecular complexity index is 987. The maximum absolute atomic E-state index is 13.0. The molecule has 2 aliphatic rings. The quantitative estimate of drug-likeness (QED) is 0.687. The third-order valence-corrected chi connectivity index (χ3v) is 7.00. The minimum Gasteiger partial charge on any atom is -0.338 e. The van der Waals surface area contributed by atoms with E-state index < -0.39 is 10.0 Å². The summed E-state index contributed by atoms with van der Waals surface area (Å²) in [7, 11) is -3.66. The summed E-state index contributed by atoms with van der Waals surface area (Å²) < 4.78 is 27.4. The number of hydrogen-bond acceptors (Lipinski definition) is 7. The van der Waals surface area contributed by atoms with Gasteiger partial charge in [0, 0.05) is 51.4 Å². The lowest BCUT2D eigenvalue weighted by Gasteiger charge is -2.34. The highest BCUT2D eigenvalue weighted by atomic mass is 32.2. The lowest BCUT2D eigenvalue weighted by Crippen LogP contribution is -2.49. The van der Waals surface area contributed by atoms with Crippen molar-refractivity contribution in [1.82, 2.24) is 14.3 Å². The Morgan fingerprint density at radius 3 is 2.00 bits per heavy atom. The van der Waals surface area contributed by atoms with E-state index in [0.29, 0.717) is 57.1 Å². The van der Waals surface area contributed by atoms with Crippen LogP contribution in [0.25, 0.3) is 0 Å². The number of aromatic nitrogens is 2. The normalized spacial score (nSPS) is 18.9. The lowest BCUT2D eigenvalue weighted by molar-refractivity contribution is -0.129. The van der Waals surface area contributed by atoms with Crippen LogP contribution in [0.3, 0.4) is 0 Å². The van der Waals surface area contributed by atoms with Crippen molar-refractivity contribution in [2.24, 2.45) is 0 Å². The van der Waals surface area contributed by atoms with Gasteiger partial charge < -0.3 is 4.90 Å². The molecule has 9 nitrogen and oxygen atoms in total. The lowest BCUT2D eigenvalue weighted by atomic mass is 10.1. The van der Waals surface area contributed by atoms with Crippen LogP contribution in [0.15, 0.2) is 47.6 Å². The second kappa shape index (κ2) is 7.88. The fraction of sp³-hybridized carbons (Fsp3) is 0.368. The number of carbonyl (C=O) groups is 2. The Labute approximate surface area is 169 Å². The van der Waals surface area contributed by atoms with Crippen LogP contribution in [-0.2, 0) is 19.6 Å². The van der Waals surface area contributed by atoms with Gasteiger partial charge in [-0.3, -0.25) is 14.5 Å². The summed E-state index contributed by atoms with van der Waals surface area (Å²) in [6.07, 6.45) is 4.51. The maximum Gasteiger partial charge on any atom is 0.243 e. The van der Waals surface area contributed by atoms with Gasteiger partial charge in [-0.25, -0.2) is 18.4 Å². The molecule has 0 atom stereocenters. The van der Waals surface area contributed by atoms with Crippen LogP contribution in [0.5, 0.6) is 0 Å². The average molecular weight is 415 g/mol. The van der Waals surface area contributed by atoms with E-state index in [2.05, 4.69) is 9.97 Å². The number of benzene rings is 1. The number of hydrogen-bond donors (Lipinski definition) is 0. The van der Waals surface area contributed by atoms with Crippen molar-refractivity contribution in [3.63, 3.8) is 0 Å². The van der Waals surface area contributed by atoms with E-state index in [4.69, 9.17) is 0 Å². The van der Waals surface area contributed by atoms with Crippen molar-refractivity contribution in [2.75, 3.05) is 36.0 Å². The number of anilines is 2. The molecular formula is C19H21N5O4S. The van der Waals surface area contributed by atoms with E-state index in [0.717, 1.165) is 4.90 Å². The SMILES string of the molecule is O=C1CCCC(=O)N1c1ccc(S(=O)(=O)N2CCN(c3ncccn3)CC2)cc1. The minimum atomic E-state index is -3.66. The largest absolute Gasteiger partial charge is 0.338 e. The van der Waals surface area contributed by atoms with E-state index in [9.17, 15) is 18.0 Å². The van der Waals surface area contributed by atoms with Gasteiger partial charge in [-0.05, 0) is 36.8 Å². The summed E-state index contributed by atoms with van der Waals surface area (Å²) in [6, 6.07) is 7.67. The van der Waals surface area contributed by atoms with Crippen LogP contribution in [0.4, 0.5) is 11.6 Å². The third-order valence-electron chi connectivity index (χ3n) is 5.09. The van der Waals surface area contributed by atoms with Crippen LogP contribution < -0.4 is 9.80 Å². The smallest absolute Gasteiger partial charge is 0.243 e. The van der Waals surface area contributed by atoms with Crippen molar-refractivity contribution >= 4 is 33.5 Å². The van der Waals surface area contributed by atoms with Crippen LogP contribution in [0.1, 0.15) is 19.3 Å². The molecule has 2 aromatic rings. The van der Waals surface area contributed by atoms with Crippen molar-refractivity contribution in [2.45, 2.75) is 24.2 Å². The van der Waals surface area contributed by atoms with Gasteiger partial charge in [0.2, 0.25) is 27.8 Å². The molecule has 0 spiro atoms. The monoisotopic (exact) mass is 415 g/mol. The first kappa shape index (κ1) is 19.5. The Hall–Kier alpha value is -2.85. The van der Waals surface area contributed by atoms with Gasteiger partial charge in [0.1, 0.15) is 0 Å². The Balaban J connectivity index is 1.47. The second-order valence-corrected chi connectivity index (χ2v) is 8.85. The molecule has 2 amide bonds.